The van der Waals surface area contributed by atoms with E-state index in [9.17, 15) is 13.2 Å². The van der Waals surface area contributed by atoms with Crippen molar-refractivity contribution in [1.29, 1.82) is 0 Å². The first-order valence-electron chi connectivity index (χ1n) is 5.88. The predicted octanol–water partition coefficient (Wildman–Crippen LogP) is 0.417. The Morgan fingerprint density at radius 2 is 2.00 bits per heavy atom. The lowest BCUT2D eigenvalue weighted by Gasteiger charge is -2.29. The van der Waals surface area contributed by atoms with Gasteiger partial charge in [0.25, 0.3) is 10.2 Å². The molecule has 0 spiro atoms. The number of hydrogen-bond donors (Lipinski definition) is 2. The minimum atomic E-state index is -3.41. The lowest BCUT2D eigenvalue weighted by molar-refractivity contribution is -0.137. The van der Waals surface area contributed by atoms with Gasteiger partial charge in [-0.1, -0.05) is 6.92 Å². The van der Waals surface area contributed by atoms with E-state index in [2.05, 4.69) is 11.6 Å². The quantitative estimate of drug-likeness (QED) is 0.681. The standard InChI is InChI=1S/C10H20N2O4S/c1-9-4-7-12(8-5-9)17(15,16)11-6-2-3-10(13)14/h9,11H,2-8H2,1H3,(H,13,14). The third-order valence-corrected chi connectivity index (χ3v) is 4.55. The Balaban J connectivity index is 2.33. The molecular weight excluding hydrogens is 244 g/mol. The monoisotopic (exact) mass is 264 g/mol. The van der Waals surface area contributed by atoms with E-state index in [4.69, 9.17) is 5.11 Å². The van der Waals surface area contributed by atoms with Crippen molar-refractivity contribution in [2.24, 2.45) is 5.92 Å². The first-order valence-corrected chi connectivity index (χ1v) is 7.32. The van der Waals surface area contributed by atoms with E-state index in [1.54, 1.807) is 0 Å². The van der Waals surface area contributed by atoms with Gasteiger partial charge < -0.3 is 5.11 Å². The Bertz CT molecular complexity index is 347. The summed E-state index contributed by atoms with van der Waals surface area (Å²) in [4.78, 5) is 10.3. The van der Waals surface area contributed by atoms with Crippen LogP contribution in [0.25, 0.3) is 0 Å². The van der Waals surface area contributed by atoms with E-state index >= 15 is 0 Å². The van der Waals surface area contributed by atoms with Crippen LogP contribution >= 0.6 is 0 Å². The minimum absolute atomic E-state index is 0.0143. The highest BCUT2D eigenvalue weighted by Crippen LogP contribution is 2.17. The van der Waals surface area contributed by atoms with Crippen molar-refractivity contribution in [3.8, 4) is 0 Å². The molecule has 0 bridgehead atoms. The molecule has 1 saturated heterocycles. The summed E-state index contributed by atoms with van der Waals surface area (Å²) in [7, 11) is -3.41. The van der Waals surface area contributed by atoms with Gasteiger partial charge in [0.2, 0.25) is 0 Å². The Kier molecular flexibility index (Phi) is 5.35. The fraction of sp³-hybridized carbons (Fsp3) is 0.900. The summed E-state index contributed by atoms with van der Waals surface area (Å²) in [5, 5.41) is 8.43. The maximum absolute atomic E-state index is 11.8. The van der Waals surface area contributed by atoms with Crippen LogP contribution in [0.15, 0.2) is 0 Å². The first-order chi connectivity index (χ1) is 7.92. The fourth-order valence-electron chi connectivity index (χ4n) is 1.76. The van der Waals surface area contributed by atoms with Crippen LogP contribution in [0.3, 0.4) is 0 Å². The van der Waals surface area contributed by atoms with E-state index < -0.39 is 16.2 Å². The molecule has 0 aromatic heterocycles. The summed E-state index contributed by atoms with van der Waals surface area (Å²) in [6, 6.07) is 0. The lowest BCUT2D eigenvalue weighted by atomic mass is 10.0. The number of carboxylic acid groups (broad SMARTS) is 1. The van der Waals surface area contributed by atoms with Gasteiger partial charge in [0, 0.05) is 26.1 Å². The van der Waals surface area contributed by atoms with Gasteiger partial charge >= 0.3 is 5.97 Å². The molecule has 0 amide bonds. The SMILES string of the molecule is CC1CCN(S(=O)(=O)NCCCC(=O)O)CC1. The highest BCUT2D eigenvalue weighted by molar-refractivity contribution is 7.87. The molecule has 0 atom stereocenters. The normalized spacial score (nSPS) is 19.4. The zero-order chi connectivity index (χ0) is 12.9. The van der Waals surface area contributed by atoms with E-state index in [0.29, 0.717) is 25.4 Å². The summed E-state index contributed by atoms with van der Waals surface area (Å²) in [6.45, 7) is 3.40. The molecule has 17 heavy (non-hydrogen) atoms. The summed E-state index contributed by atoms with van der Waals surface area (Å²) >= 11 is 0. The zero-order valence-corrected chi connectivity index (χ0v) is 10.9. The average Bonchev–Trinajstić information content (AvgIpc) is 2.25. The van der Waals surface area contributed by atoms with E-state index in [1.165, 1.54) is 4.31 Å². The van der Waals surface area contributed by atoms with Crippen LogP contribution in [-0.2, 0) is 15.0 Å². The maximum Gasteiger partial charge on any atom is 0.303 e. The molecule has 1 heterocycles. The Labute approximate surface area is 102 Å². The molecule has 0 aromatic carbocycles. The van der Waals surface area contributed by atoms with Crippen LogP contribution in [0.5, 0.6) is 0 Å². The van der Waals surface area contributed by atoms with Crippen molar-refractivity contribution in [1.82, 2.24) is 9.03 Å². The topological polar surface area (TPSA) is 86.7 Å². The Morgan fingerprint density at radius 3 is 2.53 bits per heavy atom. The fourth-order valence-corrected chi connectivity index (χ4v) is 3.03. The van der Waals surface area contributed by atoms with Crippen molar-refractivity contribution in [3.63, 3.8) is 0 Å². The molecular formula is C10H20N2O4S. The van der Waals surface area contributed by atoms with Crippen molar-refractivity contribution >= 4 is 16.2 Å². The molecule has 1 fully saturated rings. The van der Waals surface area contributed by atoms with Gasteiger partial charge in [-0.05, 0) is 25.2 Å². The molecule has 0 radical (unpaired) electrons. The number of rotatable bonds is 6. The second kappa shape index (κ2) is 6.32. The highest BCUT2D eigenvalue weighted by atomic mass is 32.2. The summed E-state index contributed by atoms with van der Waals surface area (Å²) < 4.78 is 27.5. The largest absolute Gasteiger partial charge is 0.481 e. The number of nitrogens with one attached hydrogen (secondary N) is 1. The van der Waals surface area contributed by atoms with Gasteiger partial charge in [-0.3, -0.25) is 4.79 Å². The summed E-state index contributed by atoms with van der Waals surface area (Å²) in [5.74, 6) is -0.329. The summed E-state index contributed by atoms with van der Waals surface area (Å²) in [5.41, 5.74) is 0. The minimum Gasteiger partial charge on any atom is -0.481 e. The van der Waals surface area contributed by atoms with Crippen molar-refractivity contribution in [2.75, 3.05) is 19.6 Å². The van der Waals surface area contributed by atoms with E-state index in [-0.39, 0.29) is 13.0 Å². The van der Waals surface area contributed by atoms with Crippen molar-refractivity contribution in [3.05, 3.63) is 0 Å². The number of hydrogen-bond acceptors (Lipinski definition) is 3. The number of carboxylic acids is 1. The van der Waals surface area contributed by atoms with Crippen LogP contribution in [-0.4, -0.2) is 43.4 Å². The third kappa shape index (κ3) is 5.01. The molecule has 2 N–H and O–H groups in total. The molecule has 1 aliphatic heterocycles. The molecule has 7 heteroatoms. The van der Waals surface area contributed by atoms with Crippen LogP contribution in [0.1, 0.15) is 32.6 Å². The molecule has 1 aliphatic rings. The molecule has 6 nitrogen and oxygen atoms in total. The number of nitrogens with zero attached hydrogens (tertiary/aromatic N) is 1. The molecule has 0 aromatic rings. The van der Waals surface area contributed by atoms with Gasteiger partial charge in [0.1, 0.15) is 0 Å². The van der Waals surface area contributed by atoms with Gasteiger partial charge in [0.05, 0.1) is 0 Å². The van der Waals surface area contributed by atoms with Crippen molar-refractivity contribution < 1.29 is 18.3 Å². The smallest absolute Gasteiger partial charge is 0.303 e. The maximum atomic E-state index is 11.8. The van der Waals surface area contributed by atoms with Crippen LogP contribution in [0, 0.1) is 5.92 Å². The van der Waals surface area contributed by atoms with Crippen LogP contribution in [0.2, 0.25) is 0 Å². The number of carbonyl (C=O) groups is 1. The molecule has 0 unspecified atom stereocenters. The van der Waals surface area contributed by atoms with Gasteiger partial charge in [-0.2, -0.15) is 12.7 Å². The van der Waals surface area contributed by atoms with Crippen LogP contribution < -0.4 is 4.72 Å². The first kappa shape index (κ1) is 14.4. The van der Waals surface area contributed by atoms with Crippen molar-refractivity contribution in [2.45, 2.75) is 32.6 Å². The van der Waals surface area contributed by atoms with Gasteiger partial charge in [-0.25, -0.2) is 4.72 Å². The third-order valence-electron chi connectivity index (χ3n) is 2.93. The summed E-state index contributed by atoms with van der Waals surface area (Å²) in [6.07, 6.45) is 2.07. The number of piperidine rings is 1. The molecule has 0 aliphatic carbocycles. The lowest BCUT2D eigenvalue weighted by Crippen LogP contribution is -2.44. The Hall–Kier alpha value is -0.660. The van der Waals surface area contributed by atoms with E-state index in [1.807, 2.05) is 0 Å². The van der Waals surface area contributed by atoms with Crippen LogP contribution in [0.4, 0.5) is 0 Å². The highest BCUT2D eigenvalue weighted by Gasteiger charge is 2.25. The number of aliphatic carboxylic acids is 1. The molecule has 1 rings (SSSR count). The molecule has 100 valence electrons. The van der Waals surface area contributed by atoms with Gasteiger partial charge in [-0.15, -0.1) is 0 Å². The average molecular weight is 264 g/mol. The van der Waals surface area contributed by atoms with E-state index in [0.717, 1.165) is 12.8 Å². The molecule has 0 saturated carbocycles. The predicted molar refractivity (Wildman–Crippen MR) is 63.8 cm³/mol. The zero-order valence-electron chi connectivity index (χ0n) is 10.1. The Morgan fingerprint density at radius 1 is 1.41 bits per heavy atom. The van der Waals surface area contributed by atoms with Gasteiger partial charge in [0.15, 0.2) is 0 Å². The second-order valence-electron chi connectivity index (χ2n) is 4.48. The second-order valence-corrected chi connectivity index (χ2v) is 6.23.